The molecule has 3 heteroatoms. The van der Waals surface area contributed by atoms with Crippen molar-refractivity contribution in [1.82, 2.24) is 14.5 Å². The topological polar surface area (TPSA) is 21.1 Å². The Bertz CT molecular complexity index is 602. The van der Waals surface area contributed by atoms with Gasteiger partial charge in [-0.25, -0.2) is 4.98 Å². The van der Waals surface area contributed by atoms with E-state index in [1.54, 1.807) is 0 Å². The second-order valence-corrected chi connectivity index (χ2v) is 4.58. The van der Waals surface area contributed by atoms with Crippen molar-refractivity contribution in [2.45, 2.75) is 6.54 Å². The van der Waals surface area contributed by atoms with Gasteiger partial charge in [-0.1, -0.05) is 36.1 Å². The minimum atomic E-state index is 0.702. The van der Waals surface area contributed by atoms with Gasteiger partial charge in [0.1, 0.15) is 5.82 Å². The first-order chi connectivity index (χ1) is 9.79. The summed E-state index contributed by atoms with van der Waals surface area (Å²) in [6.45, 7) is 6.08. The van der Waals surface area contributed by atoms with Crippen molar-refractivity contribution < 1.29 is 0 Å². The zero-order valence-electron chi connectivity index (χ0n) is 11.8. The largest absolute Gasteiger partial charge is 0.337 e. The molecule has 0 saturated carbocycles. The standard InChI is InChI=1S/C17H19N3/c1-3-12-20(15-17-18-11-14-19(17)2)13-7-10-16-8-5-4-6-9-16/h3-6,8-9,11,14H,1,12-13,15H2,2H3. The van der Waals surface area contributed by atoms with Crippen LogP contribution in [0.5, 0.6) is 0 Å². The summed E-state index contributed by atoms with van der Waals surface area (Å²) in [5.74, 6) is 7.42. The number of hydrogen-bond acceptors (Lipinski definition) is 2. The Labute approximate surface area is 120 Å². The summed E-state index contributed by atoms with van der Waals surface area (Å²) >= 11 is 0. The molecule has 2 rings (SSSR count). The van der Waals surface area contributed by atoms with Crippen LogP contribution in [-0.2, 0) is 13.6 Å². The number of aromatic nitrogens is 2. The summed E-state index contributed by atoms with van der Waals surface area (Å²) in [7, 11) is 2.00. The number of imidazole rings is 1. The van der Waals surface area contributed by atoms with Crippen molar-refractivity contribution in [2.75, 3.05) is 13.1 Å². The molecule has 1 heterocycles. The highest BCUT2D eigenvalue weighted by atomic mass is 15.2. The molecule has 3 nitrogen and oxygen atoms in total. The molecule has 0 bridgehead atoms. The van der Waals surface area contributed by atoms with E-state index < -0.39 is 0 Å². The van der Waals surface area contributed by atoms with E-state index in [2.05, 4.69) is 28.3 Å². The first-order valence-corrected chi connectivity index (χ1v) is 6.63. The molecule has 1 aromatic carbocycles. The fraction of sp³-hybridized carbons (Fsp3) is 0.235. The van der Waals surface area contributed by atoms with Crippen LogP contribution in [0.2, 0.25) is 0 Å². The number of hydrogen-bond donors (Lipinski definition) is 0. The van der Waals surface area contributed by atoms with Crippen molar-refractivity contribution in [3.05, 3.63) is 66.8 Å². The van der Waals surface area contributed by atoms with E-state index >= 15 is 0 Å². The zero-order valence-corrected chi connectivity index (χ0v) is 11.8. The van der Waals surface area contributed by atoms with Crippen LogP contribution >= 0.6 is 0 Å². The maximum absolute atomic E-state index is 4.34. The van der Waals surface area contributed by atoms with Crippen molar-refractivity contribution in [2.24, 2.45) is 7.05 Å². The van der Waals surface area contributed by atoms with Crippen LogP contribution in [0.15, 0.2) is 55.4 Å². The van der Waals surface area contributed by atoms with Gasteiger partial charge in [-0.15, -0.1) is 6.58 Å². The van der Waals surface area contributed by atoms with Gasteiger partial charge in [0.2, 0.25) is 0 Å². The minimum absolute atomic E-state index is 0.702. The third-order valence-corrected chi connectivity index (χ3v) is 2.98. The average Bonchev–Trinajstić information content (AvgIpc) is 2.86. The van der Waals surface area contributed by atoms with Crippen LogP contribution in [-0.4, -0.2) is 27.5 Å². The van der Waals surface area contributed by atoms with Crippen LogP contribution < -0.4 is 0 Å². The minimum Gasteiger partial charge on any atom is -0.337 e. The summed E-state index contributed by atoms with van der Waals surface area (Å²) in [5.41, 5.74) is 1.04. The maximum atomic E-state index is 4.34. The quantitative estimate of drug-likeness (QED) is 0.611. The molecule has 0 aliphatic heterocycles. The zero-order chi connectivity index (χ0) is 14.2. The van der Waals surface area contributed by atoms with Gasteiger partial charge in [0.05, 0.1) is 13.1 Å². The van der Waals surface area contributed by atoms with E-state index in [0.717, 1.165) is 24.5 Å². The predicted octanol–water partition coefficient (Wildman–Crippen LogP) is 2.46. The SMILES string of the molecule is C=CCN(CC#Cc1ccccc1)Cc1nccn1C. The van der Waals surface area contributed by atoms with Crippen molar-refractivity contribution in [1.29, 1.82) is 0 Å². The van der Waals surface area contributed by atoms with E-state index in [4.69, 9.17) is 0 Å². The number of aryl methyl sites for hydroxylation is 1. The van der Waals surface area contributed by atoms with Gasteiger partial charge >= 0.3 is 0 Å². The smallest absolute Gasteiger partial charge is 0.122 e. The lowest BCUT2D eigenvalue weighted by molar-refractivity contribution is 0.320. The molecule has 0 spiro atoms. The normalized spacial score (nSPS) is 10.1. The molecule has 1 aromatic heterocycles. The maximum Gasteiger partial charge on any atom is 0.122 e. The van der Waals surface area contributed by atoms with Gasteiger partial charge in [0, 0.05) is 31.5 Å². The Morgan fingerprint density at radius 2 is 2.15 bits per heavy atom. The van der Waals surface area contributed by atoms with E-state index in [1.165, 1.54) is 0 Å². The van der Waals surface area contributed by atoms with Gasteiger partial charge in [0.25, 0.3) is 0 Å². The molecule has 0 aliphatic carbocycles. The molecule has 0 atom stereocenters. The second kappa shape index (κ2) is 7.32. The lowest BCUT2D eigenvalue weighted by Gasteiger charge is -2.17. The molecule has 0 unspecified atom stereocenters. The first-order valence-electron chi connectivity index (χ1n) is 6.63. The Morgan fingerprint density at radius 3 is 2.80 bits per heavy atom. The summed E-state index contributed by atoms with van der Waals surface area (Å²) in [5, 5.41) is 0. The van der Waals surface area contributed by atoms with Crippen LogP contribution in [0.4, 0.5) is 0 Å². The van der Waals surface area contributed by atoms with Crippen LogP contribution in [0.25, 0.3) is 0 Å². The molecule has 0 radical (unpaired) electrons. The molecule has 0 amide bonds. The van der Waals surface area contributed by atoms with Gasteiger partial charge in [0.15, 0.2) is 0 Å². The molecular formula is C17H19N3. The average molecular weight is 265 g/mol. The summed E-state index contributed by atoms with van der Waals surface area (Å²) < 4.78 is 2.03. The molecule has 0 aliphatic rings. The second-order valence-electron chi connectivity index (χ2n) is 4.58. The highest BCUT2D eigenvalue weighted by Gasteiger charge is 2.06. The third-order valence-electron chi connectivity index (χ3n) is 2.98. The number of nitrogens with zero attached hydrogens (tertiary/aromatic N) is 3. The Morgan fingerprint density at radius 1 is 1.35 bits per heavy atom. The molecular weight excluding hydrogens is 246 g/mol. The van der Waals surface area contributed by atoms with Gasteiger partial charge < -0.3 is 4.57 Å². The first kappa shape index (κ1) is 14.1. The van der Waals surface area contributed by atoms with E-state index in [9.17, 15) is 0 Å². The van der Waals surface area contributed by atoms with Gasteiger partial charge in [-0.05, 0) is 12.1 Å². The Balaban J connectivity index is 1.98. The van der Waals surface area contributed by atoms with Crippen molar-refractivity contribution in [3.63, 3.8) is 0 Å². The number of benzene rings is 1. The molecule has 102 valence electrons. The fourth-order valence-electron chi connectivity index (χ4n) is 1.89. The van der Waals surface area contributed by atoms with Crippen LogP contribution in [0.3, 0.4) is 0 Å². The van der Waals surface area contributed by atoms with Crippen LogP contribution in [0, 0.1) is 11.8 Å². The van der Waals surface area contributed by atoms with Crippen LogP contribution in [0.1, 0.15) is 11.4 Å². The molecule has 0 N–H and O–H groups in total. The highest BCUT2D eigenvalue weighted by molar-refractivity contribution is 5.33. The summed E-state index contributed by atoms with van der Waals surface area (Å²) in [4.78, 5) is 6.56. The lowest BCUT2D eigenvalue weighted by atomic mass is 10.2. The monoisotopic (exact) mass is 265 g/mol. The van der Waals surface area contributed by atoms with E-state index in [1.807, 2.05) is 60.4 Å². The third kappa shape index (κ3) is 4.11. The predicted molar refractivity (Wildman–Crippen MR) is 82.0 cm³/mol. The fourth-order valence-corrected chi connectivity index (χ4v) is 1.89. The summed E-state index contributed by atoms with van der Waals surface area (Å²) in [6, 6.07) is 10.0. The van der Waals surface area contributed by atoms with Crippen molar-refractivity contribution in [3.8, 4) is 11.8 Å². The molecule has 0 fully saturated rings. The Kier molecular flexibility index (Phi) is 5.16. The van der Waals surface area contributed by atoms with E-state index in [0.29, 0.717) is 6.54 Å². The molecule has 2 aromatic rings. The van der Waals surface area contributed by atoms with Crippen molar-refractivity contribution >= 4 is 0 Å². The molecule has 0 saturated heterocycles. The van der Waals surface area contributed by atoms with E-state index in [-0.39, 0.29) is 0 Å². The Hall–Kier alpha value is -2.31. The molecule has 20 heavy (non-hydrogen) atoms. The van der Waals surface area contributed by atoms with Gasteiger partial charge in [-0.2, -0.15) is 0 Å². The summed E-state index contributed by atoms with van der Waals surface area (Å²) in [6.07, 6.45) is 5.67. The lowest BCUT2D eigenvalue weighted by Crippen LogP contribution is -2.25. The highest BCUT2D eigenvalue weighted by Crippen LogP contribution is 2.01. The number of rotatable bonds is 5. The van der Waals surface area contributed by atoms with Gasteiger partial charge in [-0.3, -0.25) is 4.90 Å².